The Kier molecular flexibility index (Phi) is 13.2. The van der Waals surface area contributed by atoms with Crippen molar-refractivity contribution in [1.29, 1.82) is 0 Å². The summed E-state index contributed by atoms with van der Waals surface area (Å²) in [5, 5.41) is 0. The summed E-state index contributed by atoms with van der Waals surface area (Å²) < 4.78 is 0. The lowest BCUT2D eigenvalue weighted by Gasteiger charge is -1.81. The van der Waals surface area contributed by atoms with Crippen LogP contribution in [0, 0.1) is 0 Å². The molecule has 0 amide bonds. The van der Waals surface area contributed by atoms with E-state index in [2.05, 4.69) is 38.2 Å². The molecule has 0 unspecified atom stereocenters. The minimum absolute atomic E-state index is 1.32. The molecule has 0 nitrogen and oxygen atoms in total. The Morgan fingerprint density at radius 1 is 0.643 bits per heavy atom. The van der Waals surface area contributed by atoms with Crippen molar-refractivity contribution in [3.63, 3.8) is 0 Å². The Morgan fingerprint density at radius 3 is 1.00 bits per heavy atom. The molecular weight excluding hydrogens is 168 g/mol. The zero-order chi connectivity index (χ0) is 11.4. The molecule has 80 valence electrons. The van der Waals surface area contributed by atoms with Gasteiger partial charge in [-0.1, -0.05) is 47.6 Å². The van der Waals surface area contributed by atoms with Crippen LogP contribution >= 0.6 is 0 Å². The van der Waals surface area contributed by atoms with Crippen LogP contribution < -0.4 is 0 Å². The lowest BCUT2D eigenvalue weighted by Crippen LogP contribution is -1.60. The van der Waals surface area contributed by atoms with Crippen molar-refractivity contribution in [2.24, 2.45) is 0 Å². The third-order valence-corrected chi connectivity index (χ3v) is 1.77. The van der Waals surface area contributed by atoms with Crippen molar-refractivity contribution in [2.75, 3.05) is 0 Å². The Balaban J connectivity index is 0. The first-order chi connectivity index (χ1) is 6.62. The van der Waals surface area contributed by atoms with Gasteiger partial charge in [0.1, 0.15) is 0 Å². The molecule has 0 aromatic heterocycles. The second kappa shape index (κ2) is 12.0. The second-order valence-electron chi connectivity index (χ2n) is 3.07. The summed E-state index contributed by atoms with van der Waals surface area (Å²) in [6, 6.07) is 0. The molecule has 0 aliphatic carbocycles. The molecular formula is C14H24. The van der Waals surface area contributed by atoms with Gasteiger partial charge in [0, 0.05) is 0 Å². The standard InChI is InChI=1S/2C7H12/c2*1-4-6-7(3)5-2/h2*4-6H,1-3H3/b2*6-4+,7-5+. The quantitative estimate of drug-likeness (QED) is 0.537. The average molecular weight is 192 g/mol. The van der Waals surface area contributed by atoms with Gasteiger partial charge in [-0.15, -0.1) is 0 Å². The van der Waals surface area contributed by atoms with E-state index < -0.39 is 0 Å². The normalized spacial score (nSPS) is 13.3. The predicted octanol–water partition coefficient (Wildman–Crippen LogP) is 5.06. The van der Waals surface area contributed by atoms with Crippen LogP contribution in [-0.4, -0.2) is 0 Å². The Hall–Kier alpha value is -1.04. The predicted molar refractivity (Wildman–Crippen MR) is 68.5 cm³/mol. The molecule has 0 heterocycles. The molecule has 0 aromatic rings. The maximum absolute atomic E-state index is 2.08. The van der Waals surface area contributed by atoms with E-state index >= 15 is 0 Å². The van der Waals surface area contributed by atoms with Gasteiger partial charge < -0.3 is 0 Å². The van der Waals surface area contributed by atoms with E-state index in [0.717, 1.165) is 0 Å². The zero-order valence-corrected chi connectivity index (χ0v) is 10.5. The van der Waals surface area contributed by atoms with Gasteiger partial charge in [0.2, 0.25) is 0 Å². The Labute approximate surface area is 89.7 Å². The molecule has 0 spiro atoms. The van der Waals surface area contributed by atoms with Gasteiger partial charge in [-0.2, -0.15) is 0 Å². The maximum atomic E-state index is 2.08. The maximum Gasteiger partial charge on any atom is -0.0401 e. The van der Waals surface area contributed by atoms with E-state index in [4.69, 9.17) is 0 Å². The van der Waals surface area contributed by atoms with Gasteiger partial charge in [-0.25, -0.2) is 0 Å². The van der Waals surface area contributed by atoms with Crippen LogP contribution in [-0.2, 0) is 0 Å². The van der Waals surface area contributed by atoms with Crippen molar-refractivity contribution in [3.05, 3.63) is 47.6 Å². The molecule has 0 aromatic carbocycles. The first-order valence-corrected chi connectivity index (χ1v) is 5.13. The fraction of sp³-hybridized carbons (Fsp3) is 0.429. The Bertz CT molecular complexity index is 198. The molecule has 0 bridgehead atoms. The summed E-state index contributed by atoms with van der Waals surface area (Å²) in [6.07, 6.45) is 12.4. The molecule has 0 saturated heterocycles. The van der Waals surface area contributed by atoms with Gasteiger partial charge in [0.25, 0.3) is 0 Å². The zero-order valence-electron chi connectivity index (χ0n) is 10.5. The smallest absolute Gasteiger partial charge is 0.0401 e. The lowest BCUT2D eigenvalue weighted by molar-refractivity contribution is 1.46. The fourth-order valence-electron chi connectivity index (χ4n) is 0.718. The molecule has 0 aliphatic heterocycles. The topological polar surface area (TPSA) is 0 Å². The largest absolute Gasteiger partial charge is 0.0874 e. The Morgan fingerprint density at radius 2 is 0.929 bits per heavy atom. The van der Waals surface area contributed by atoms with E-state index in [0.29, 0.717) is 0 Å². The number of allylic oxidation sites excluding steroid dienone is 8. The second-order valence-corrected chi connectivity index (χ2v) is 3.07. The monoisotopic (exact) mass is 192 g/mol. The minimum Gasteiger partial charge on any atom is -0.0874 e. The molecule has 0 rings (SSSR count). The molecule has 0 aliphatic rings. The lowest BCUT2D eigenvalue weighted by atomic mass is 10.3. The molecule has 14 heavy (non-hydrogen) atoms. The van der Waals surface area contributed by atoms with Crippen LogP contribution in [0.15, 0.2) is 47.6 Å². The van der Waals surface area contributed by atoms with E-state index in [1.807, 2.05) is 39.8 Å². The first kappa shape index (κ1) is 15.4. The minimum atomic E-state index is 1.32. The highest BCUT2D eigenvalue weighted by molar-refractivity contribution is 5.13. The van der Waals surface area contributed by atoms with E-state index in [1.54, 1.807) is 0 Å². The van der Waals surface area contributed by atoms with E-state index in [-0.39, 0.29) is 0 Å². The van der Waals surface area contributed by atoms with Gasteiger partial charge in [0.15, 0.2) is 0 Å². The van der Waals surface area contributed by atoms with E-state index in [1.165, 1.54) is 11.1 Å². The van der Waals surface area contributed by atoms with Crippen molar-refractivity contribution < 1.29 is 0 Å². The molecule has 0 N–H and O–H groups in total. The molecule has 0 fully saturated rings. The molecule has 0 atom stereocenters. The summed E-state index contributed by atoms with van der Waals surface area (Å²) in [4.78, 5) is 0. The van der Waals surface area contributed by atoms with Gasteiger partial charge >= 0.3 is 0 Å². The molecule has 0 heteroatoms. The summed E-state index contributed by atoms with van der Waals surface area (Å²) in [5.74, 6) is 0. The van der Waals surface area contributed by atoms with Crippen molar-refractivity contribution >= 4 is 0 Å². The average Bonchev–Trinajstić information content (AvgIpc) is 2.19. The van der Waals surface area contributed by atoms with Crippen LogP contribution in [0.3, 0.4) is 0 Å². The SMILES string of the molecule is C/C=C/C(C)=C/C.C/C=C/C(C)=C/C. The van der Waals surface area contributed by atoms with Crippen molar-refractivity contribution in [3.8, 4) is 0 Å². The van der Waals surface area contributed by atoms with Gasteiger partial charge in [0.05, 0.1) is 0 Å². The molecule has 0 radical (unpaired) electrons. The number of hydrogen-bond donors (Lipinski definition) is 0. The summed E-state index contributed by atoms with van der Waals surface area (Å²) in [5.41, 5.74) is 2.64. The van der Waals surface area contributed by atoms with Crippen LogP contribution in [0.5, 0.6) is 0 Å². The van der Waals surface area contributed by atoms with Gasteiger partial charge in [-0.05, 0) is 41.5 Å². The highest BCUT2D eigenvalue weighted by Crippen LogP contribution is 1.91. The highest BCUT2D eigenvalue weighted by Gasteiger charge is 1.70. The summed E-state index contributed by atoms with van der Waals surface area (Å²) in [7, 11) is 0. The van der Waals surface area contributed by atoms with Crippen LogP contribution in [0.4, 0.5) is 0 Å². The van der Waals surface area contributed by atoms with Crippen LogP contribution in [0.2, 0.25) is 0 Å². The van der Waals surface area contributed by atoms with Crippen LogP contribution in [0.25, 0.3) is 0 Å². The third-order valence-electron chi connectivity index (χ3n) is 1.77. The fourth-order valence-corrected chi connectivity index (χ4v) is 0.718. The summed E-state index contributed by atoms with van der Waals surface area (Å²) >= 11 is 0. The van der Waals surface area contributed by atoms with Crippen molar-refractivity contribution in [1.82, 2.24) is 0 Å². The molecule has 0 saturated carbocycles. The van der Waals surface area contributed by atoms with E-state index in [9.17, 15) is 0 Å². The number of rotatable bonds is 2. The highest BCUT2D eigenvalue weighted by atomic mass is 13.8. The first-order valence-electron chi connectivity index (χ1n) is 5.13. The third kappa shape index (κ3) is 13.5. The summed E-state index contributed by atoms with van der Waals surface area (Å²) in [6.45, 7) is 12.3. The van der Waals surface area contributed by atoms with Crippen molar-refractivity contribution in [2.45, 2.75) is 41.5 Å². The number of hydrogen-bond acceptors (Lipinski definition) is 0. The van der Waals surface area contributed by atoms with Crippen LogP contribution in [0.1, 0.15) is 41.5 Å². The van der Waals surface area contributed by atoms with Gasteiger partial charge in [-0.3, -0.25) is 0 Å².